The lowest BCUT2D eigenvalue weighted by molar-refractivity contribution is 0.125. The number of aliphatic imine (C=N–C) groups is 1. The highest BCUT2D eigenvalue weighted by molar-refractivity contribution is 7.10. The zero-order valence-electron chi connectivity index (χ0n) is 15.9. The molecule has 2 unspecified atom stereocenters. The third kappa shape index (κ3) is 4.83. The van der Waals surface area contributed by atoms with Gasteiger partial charge < -0.3 is 10.6 Å². The van der Waals surface area contributed by atoms with Crippen LogP contribution in [0, 0.1) is 12.8 Å². The maximum atomic E-state index is 4.53. The molecular formula is C20H29N5S. The van der Waals surface area contributed by atoms with E-state index in [1.54, 1.807) is 0 Å². The molecule has 1 aliphatic heterocycles. The van der Waals surface area contributed by atoms with Crippen molar-refractivity contribution < 1.29 is 0 Å². The second-order valence-electron chi connectivity index (χ2n) is 6.92. The third-order valence-corrected chi connectivity index (χ3v) is 5.92. The van der Waals surface area contributed by atoms with Crippen LogP contribution >= 0.6 is 11.3 Å². The van der Waals surface area contributed by atoms with Gasteiger partial charge in [-0.05, 0) is 62.9 Å². The number of hydrogen-bond acceptors (Lipinski definition) is 4. The Balaban J connectivity index is 1.56. The fraction of sp³-hybridized carbons (Fsp3) is 0.500. The van der Waals surface area contributed by atoms with Gasteiger partial charge in [0.05, 0.1) is 12.2 Å². The number of rotatable bonds is 5. The Labute approximate surface area is 160 Å². The zero-order valence-corrected chi connectivity index (χ0v) is 16.7. The van der Waals surface area contributed by atoms with Crippen LogP contribution in [0.1, 0.15) is 35.1 Å². The van der Waals surface area contributed by atoms with Crippen LogP contribution in [0.15, 0.2) is 40.7 Å². The standard InChI is InChI=1S/C20H29N5S/c1-15-7-4-9-17(24-15)14-23-20(21-2)22-13-16-8-5-11-25(3)19(16)18-10-6-12-26-18/h4,6-7,9-10,12,16,19H,5,8,11,13-14H2,1-3H3,(H2,21,22,23). The number of aryl methyl sites for hydroxylation is 1. The van der Waals surface area contributed by atoms with E-state index in [2.05, 4.69) is 50.1 Å². The van der Waals surface area contributed by atoms with Gasteiger partial charge in [0.15, 0.2) is 5.96 Å². The van der Waals surface area contributed by atoms with Crippen LogP contribution in [-0.2, 0) is 6.54 Å². The van der Waals surface area contributed by atoms with Gasteiger partial charge in [-0.2, -0.15) is 0 Å². The maximum absolute atomic E-state index is 4.53. The van der Waals surface area contributed by atoms with Crippen LogP contribution < -0.4 is 10.6 Å². The molecule has 2 aromatic rings. The smallest absolute Gasteiger partial charge is 0.191 e. The summed E-state index contributed by atoms with van der Waals surface area (Å²) in [6.07, 6.45) is 2.50. The van der Waals surface area contributed by atoms with Gasteiger partial charge in [-0.3, -0.25) is 14.9 Å². The van der Waals surface area contributed by atoms with E-state index in [9.17, 15) is 0 Å². The molecule has 5 nitrogen and oxygen atoms in total. The summed E-state index contributed by atoms with van der Waals surface area (Å²) >= 11 is 1.86. The van der Waals surface area contributed by atoms with Crippen molar-refractivity contribution in [3.05, 3.63) is 52.0 Å². The molecule has 140 valence electrons. The van der Waals surface area contributed by atoms with E-state index in [4.69, 9.17) is 0 Å². The Morgan fingerprint density at radius 1 is 1.31 bits per heavy atom. The molecule has 0 radical (unpaired) electrons. The first-order valence-electron chi connectivity index (χ1n) is 9.28. The molecule has 1 aliphatic rings. The number of hydrogen-bond donors (Lipinski definition) is 2. The average molecular weight is 372 g/mol. The molecule has 2 N–H and O–H groups in total. The number of pyridine rings is 1. The normalized spacial score (nSPS) is 21.6. The molecule has 0 bridgehead atoms. The van der Waals surface area contributed by atoms with E-state index in [0.717, 1.165) is 23.9 Å². The highest BCUT2D eigenvalue weighted by Gasteiger charge is 2.31. The van der Waals surface area contributed by atoms with E-state index in [1.165, 1.54) is 24.3 Å². The largest absolute Gasteiger partial charge is 0.356 e. The van der Waals surface area contributed by atoms with E-state index in [-0.39, 0.29) is 0 Å². The van der Waals surface area contributed by atoms with Gasteiger partial charge in [0.2, 0.25) is 0 Å². The van der Waals surface area contributed by atoms with Gasteiger partial charge in [-0.15, -0.1) is 11.3 Å². The molecule has 1 fully saturated rings. The minimum absolute atomic E-state index is 0.493. The monoisotopic (exact) mass is 371 g/mol. The first-order chi connectivity index (χ1) is 12.7. The lowest BCUT2D eigenvalue weighted by atomic mass is 9.88. The fourth-order valence-corrected chi connectivity index (χ4v) is 4.69. The Kier molecular flexibility index (Phi) is 6.63. The quantitative estimate of drug-likeness (QED) is 0.626. The van der Waals surface area contributed by atoms with Crippen molar-refractivity contribution in [1.29, 1.82) is 0 Å². The summed E-state index contributed by atoms with van der Waals surface area (Å²) < 4.78 is 0. The molecule has 0 aromatic carbocycles. The van der Waals surface area contributed by atoms with Crippen LogP contribution in [0.3, 0.4) is 0 Å². The molecule has 0 aliphatic carbocycles. The van der Waals surface area contributed by atoms with Gasteiger partial charge >= 0.3 is 0 Å². The third-order valence-electron chi connectivity index (χ3n) is 4.98. The molecule has 2 aromatic heterocycles. The number of aromatic nitrogens is 1. The minimum Gasteiger partial charge on any atom is -0.356 e. The van der Waals surface area contributed by atoms with Crippen LogP contribution in [0.2, 0.25) is 0 Å². The van der Waals surface area contributed by atoms with Crippen molar-refractivity contribution in [2.45, 2.75) is 32.4 Å². The van der Waals surface area contributed by atoms with Crippen LogP contribution in [0.5, 0.6) is 0 Å². The first-order valence-corrected chi connectivity index (χ1v) is 10.2. The van der Waals surface area contributed by atoms with Gasteiger partial charge in [-0.1, -0.05) is 12.1 Å². The molecule has 0 saturated carbocycles. The summed E-state index contributed by atoms with van der Waals surface area (Å²) in [6.45, 7) is 4.79. The predicted octanol–water partition coefficient (Wildman–Crippen LogP) is 3.20. The topological polar surface area (TPSA) is 52.6 Å². The van der Waals surface area contributed by atoms with Gasteiger partial charge in [0, 0.05) is 30.2 Å². The van der Waals surface area contributed by atoms with Crippen LogP contribution in [0.4, 0.5) is 0 Å². The average Bonchev–Trinajstić information content (AvgIpc) is 3.16. The number of thiophene rings is 1. The number of likely N-dealkylation sites (tertiary alicyclic amines) is 1. The molecule has 26 heavy (non-hydrogen) atoms. The lowest BCUT2D eigenvalue weighted by Gasteiger charge is -2.39. The Morgan fingerprint density at radius 3 is 2.92 bits per heavy atom. The zero-order chi connectivity index (χ0) is 18.4. The second kappa shape index (κ2) is 9.14. The number of nitrogens with one attached hydrogen (secondary N) is 2. The van der Waals surface area contributed by atoms with Crippen LogP contribution in [-0.4, -0.2) is 43.0 Å². The molecule has 0 amide bonds. The molecular weight excluding hydrogens is 342 g/mol. The van der Waals surface area contributed by atoms with E-state index >= 15 is 0 Å². The summed E-state index contributed by atoms with van der Waals surface area (Å²) in [4.78, 5) is 12.9. The van der Waals surface area contributed by atoms with Crippen molar-refractivity contribution in [3.8, 4) is 0 Å². The Hall–Kier alpha value is -1.92. The molecule has 1 saturated heterocycles. The molecule has 3 heterocycles. The van der Waals surface area contributed by atoms with Crippen molar-refractivity contribution >= 4 is 17.3 Å². The molecule has 3 rings (SSSR count). The summed E-state index contributed by atoms with van der Waals surface area (Å²) in [5.41, 5.74) is 2.07. The highest BCUT2D eigenvalue weighted by Crippen LogP contribution is 2.36. The first kappa shape index (κ1) is 18.9. The number of piperidine rings is 1. The van der Waals surface area contributed by atoms with E-state index < -0.39 is 0 Å². The SMILES string of the molecule is CN=C(NCc1cccc(C)n1)NCC1CCCN(C)C1c1cccs1. The van der Waals surface area contributed by atoms with Crippen molar-refractivity contribution in [1.82, 2.24) is 20.5 Å². The summed E-state index contributed by atoms with van der Waals surface area (Å²) in [7, 11) is 4.07. The van der Waals surface area contributed by atoms with Gasteiger partial charge in [-0.25, -0.2) is 0 Å². The molecule has 2 atom stereocenters. The van der Waals surface area contributed by atoms with E-state index in [0.29, 0.717) is 18.5 Å². The van der Waals surface area contributed by atoms with Crippen molar-refractivity contribution in [2.75, 3.05) is 27.2 Å². The van der Waals surface area contributed by atoms with Crippen LogP contribution in [0.25, 0.3) is 0 Å². The molecule has 6 heteroatoms. The lowest BCUT2D eigenvalue weighted by Crippen LogP contribution is -2.44. The van der Waals surface area contributed by atoms with Gasteiger partial charge in [0.25, 0.3) is 0 Å². The highest BCUT2D eigenvalue weighted by atomic mass is 32.1. The van der Waals surface area contributed by atoms with Gasteiger partial charge in [0.1, 0.15) is 0 Å². The summed E-state index contributed by atoms with van der Waals surface area (Å²) in [6, 6.07) is 11.0. The van der Waals surface area contributed by atoms with Crippen molar-refractivity contribution in [2.24, 2.45) is 10.9 Å². The summed E-state index contributed by atoms with van der Waals surface area (Å²) in [5.74, 6) is 1.43. The maximum Gasteiger partial charge on any atom is 0.191 e. The number of guanidine groups is 1. The number of nitrogens with zero attached hydrogens (tertiary/aromatic N) is 3. The second-order valence-corrected chi connectivity index (χ2v) is 7.90. The molecule has 0 spiro atoms. The summed E-state index contributed by atoms with van der Waals surface area (Å²) in [5, 5.41) is 9.08. The Morgan fingerprint density at radius 2 is 2.19 bits per heavy atom. The fourth-order valence-electron chi connectivity index (χ4n) is 3.70. The Bertz CT molecular complexity index is 713. The minimum atomic E-state index is 0.493. The van der Waals surface area contributed by atoms with Crippen molar-refractivity contribution in [3.63, 3.8) is 0 Å². The van der Waals surface area contributed by atoms with E-state index in [1.807, 2.05) is 43.5 Å². The predicted molar refractivity (Wildman–Crippen MR) is 110 cm³/mol.